The van der Waals surface area contributed by atoms with Crippen molar-refractivity contribution in [2.75, 3.05) is 6.61 Å². The van der Waals surface area contributed by atoms with Crippen molar-refractivity contribution < 1.29 is 17.9 Å². The predicted molar refractivity (Wildman–Crippen MR) is 67.9 cm³/mol. The Balaban J connectivity index is 2.70. The van der Waals surface area contributed by atoms with E-state index in [9.17, 15) is 13.2 Å². The van der Waals surface area contributed by atoms with Gasteiger partial charge >= 0.3 is 5.97 Å². The van der Waals surface area contributed by atoms with Gasteiger partial charge in [0.05, 0.1) is 11.5 Å². The first-order valence-corrected chi connectivity index (χ1v) is 6.69. The molecule has 0 aromatic heterocycles. The maximum absolute atomic E-state index is 11.7. The zero-order valence-electron chi connectivity index (χ0n) is 9.81. The van der Waals surface area contributed by atoms with Crippen LogP contribution in [0.15, 0.2) is 51.8 Å². The van der Waals surface area contributed by atoms with Gasteiger partial charge in [0.15, 0.2) is 0 Å². The van der Waals surface area contributed by atoms with E-state index < -0.39 is 16.0 Å². The van der Waals surface area contributed by atoms with Gasteiger partial charge in [-0.3, -0.25) is 0 Å². The molecule has 0 heterocycles. The van der Waals surface area contributed by atoms with Crippen molar-refractivity contribution in [2.24, 2.45) is 4.40 Å². The predicted octanol–water partition coefficient (Wildman–Crippen LogP) is 1.57. The van der Waals surface area contributed by atoms with E-state index in [0.717, 1.165) is 12.3 Å². The van der Waals surface area contributed by atoms with Gasteiger partial charge in [0.1, 0.15) is 0 Å². The van der Waals surface area contributed by atoms with Crippen LogP contribution in [0.1, 0.15) is 6.92 Å². The highest BCUT2D eigenvalue weighted by atomic mass is 32.2. The highest BCUT2D eigenvalue weighted by Gasteiger charge is 2.09. The molecule has 0 saturated carbocycles. The quantitative estimate of drug-likeness (QED) is 0.461. The molecule has 0 spiro atoms. The summed E-state index contributed by atoms with van der Waals surface area (Å²) in [6.45, 7) is 1.95. The fourth-order valence-electron chi connectivity index (χ4n) is 1.08. The monoisotopic (exact) mass is 267 g/mol. The number of allylic oxidation sites excluding steroid dienone is 1. The van der Waals surface area contributed by atoms with Crippen molar-refractivity contribution >= 4 is 22.2 Å². The molecule has 0 aliphatic carbocycles. The lowest BCUT2D eigenvalue weighted by molar-refractivity contribution is -0.137. The Hall–Kier alpha value is -1.95. The summed E-state index contributed by atoms with van der Waals surface area (Å²) in [6, 6.07) is 7.82. The maximum atomic E-state index is 11.7. The molecule has 0 fully saturated rings. The summed E-state index contributed by atoms with van der Waals surface area (Å²) in [5, 5.41) is 0. The molecule has 1 aromatic carbocycles. The third-order valence-corrected chi connectivity index (χ3v) is 3.11. The average molecular weight is 267 g/mol. The number of rotatable bonds is 5. The van der Waals surface area contributed by atoms with E-state index in [1.54, 1.807) is 25.1 Å². The molecule has 96 valence electrons. The highest BCUT2D eigenvalue weighted by Crippen LogP contribution is 2.10. The molecule has 0 atom stereocenters. The summed E-state index contributed by atoms with van der Waals surface area (Å²) in [5.41, 5.74) is 0. The van der Waals surface area contributed by atoms with Crippen LogP contribution >= 0.6 is 0 Å². The van der Waals surface area contributed by atoms with Crippen LogP contribution in [0.4, 0.5) is 0 Å². The molecule has 18 heavy (non-hydrogen) atoms. The van der Waals surface area contributed by atoms with Crippen LogP contribution in [-0.4, -0.2) is 27.2 Å². The van der Waals surface area contributed by atoms with E-state index in [1.165, 1.54) is 18.2 Å². The summed E-state index contributed by atoms with van der Waals surface area (Å²) < 4.78 is 31.3. The minimum atomic E-state index is -3.70. The van der Waals surface area contributed by atoms with E-state index in [2.05, 4.69) is 9.13 Å². The number of carbonyl (C=O) groups is 1. The second-order valence-corrected chi connectivity index (χ2v) is 4.79. The number of hydrogen-bond acceptors (Lipinski definition) is 4. The Bertz CT molecular complexity index is 547. The molecule has 0 N–H and O–H groups in total. The van der Waals surface area contributed by atoms with Crippen LogP contribution in [-0.2, 0) is 19.6 Å². The molecular weight excluding hydrogens is 254 g/mol. The van der Waals surface area contributed by atoms with Crippen molar-refractivity contribution in [3.05, 3.63) is 42.5 Å². The fourth-order valence-corrected chi connectivity index (χ4v) is 1.93. The van der Waals surface area contributed by atoms with Crippen molar-refractivity contribution in [2.45, 2.75) is 11.8 Å². The van der Waals surface area contributed by atoms with E-state index in [1.807, 2.05) is 0 Å². The Morgan fingerprint density at radius 3 is 2.61 bits per heavy atom. The lowest BCUT2D eigenvalue weighted by atomic mass is 10.4. The van der Waals surface area contributed by atoms with E-state index in [4.69, 9.17) is 0 Å². The zero-order chi connectivity index (χ0) is 13.4. The van der Waals surface area contributed by atoms with Gasteiger partial charge in [-0.05, 0) is 25.1 Å². The number of carbonyl (C=O) groups excluding carboxylic acids is 1. The molecule has 5 nitrogen and oxygen atoms in total. The first-order chi connectivity index (χ1) is 8.56. The number of sulfonamides is 1. The summed E-state index contributed by atoms with van der Waals surface area (Å²) >= 11 is 0. The van der Waals surface area contributed by atoms with Gasteiger partial charge < -0.3 is 4.74 Å². The molecule has 0 saturated heterocycles. The molecule has 0 aliphatic rings. The standard InChI is InChI=1S/C12H13NO4S/c1-2-17-12(14)9-6-10-13-18(15,16)11-7-4-3-5-8-11/h3-10H,2H2,1H3/b9-6+,13-10+. The van der Waals surface area contributed by atoms with Crippen LogP contribution in [0.3, 0.4) is 0 Å². The van der Waals surface area contributed by atoms with Gasteiger partial charge in [0.2, 0.25) is 0 Å². The third-order valence-electron chi connectivity index (χ3n) is 1.85. The normalized spacial score (nSPS) is 12.1. The van der Waals surface area contributed by atoms with E-state index in [-0.39, 0.29) is 11.5 Å². The molecule has 6 heteroatoms. The molecule has 1 rings (SSSR count). The summed E-state index contributed by atoms with van der Waals surface area (Å²) in [6.07, 6.45) is 3.37. The molecule has 0 aliphatic heterocycles. The Kier molecular flexibility index (Phi) is 5.26. The highest BCUT2D eigenvalue weighted by molar-refractivity contribution is 7.90. The van der Waals surface area contributed by atoms with Crippen molar-refractivity contribution in [1.29, 1.82) is 0 Å². The maximum Gasteiger partial charge on any atom is 0.330 e. The van der Waals surface area contributed by atoms with Gasteiger partial charge in [-0.15, -0.1) is 0 Å². The summed E-state index contributed by atoms with van der Waals surface area (Å²) in [7, 11) is -3.70. The minimum Gasteiger partial charge on any atom is -0.463 e. The summed E-state index contributed by atoms with van der Waals surface area (Å²) in [5.74, 6) is -0.541. The van der Waals surface area contributed by atoms with Crippen molar-refractivity contribution in [3.8, 4) is 0 Å². The molecule has 0 radical (unpaired) electrons. The van der Waals surface area contributed by atoms with Gasteiger partial charge in [0, 0.05) is 12.3 Å². The smallest absolute Gasteiger partial charge is 0.330 e. The molecule has 0 amide bonds. The van der Waals surface area contributed by atoms with Crippen LogP contribution in [0.25, 0.3) is 0 Å². The molecule has 0 bridgehead atoms. The van der Waals surface area contributed by atoms with Gasteiger partial charge in [-0.2, -0.15) is 12.8 Å². The number of ether oxygens (including phenoxy) is 1. The Morgan fingerprint density at radius 1 is 1.33 bits per heavy atom. The Labute approximate surface area is 106 Å². The van der Waals surface area contributed by atoms with Gasteiger partial charge in [0.25, 0.3) is 10.0 Å². The van der Waals surface area contributed by atoms with Crippen molar-refractivity contribution in [1.82, 2.24) is 0 Å². The zero-order valence-corrected chi connectivity index (χ0v) is 10.6. The fraction of sp³-hybridized carbons (Fsp3) is 0.167. The third kappa shape index (κ3) is 4.50. The van der Waals surface area contributed by atoms with Crippen LogP contribution < -0.4 is 0 Å². The first kappa shape index (κ1) is 14.1. The van der Waals surface area contributed by atoms with Crippen LogP contribution in [0, 0.1) is 0 Å². The Morgan fingerprint density at radius 2 is 2.00 bits per heavy atom. The first-order valence-electron chi connectivity index (χ1n) is 5.25. The topological polar surface area (TPSA) is 72.8 Å². The number of benzene rings is 1. The average Bonchev–Trinajstić information content (AvgIpc) is 2.36. The van der Waals surface area contributed by atoms with E-state index >= 15 is 0 Å². The molecule has 0 unspecified atom stereocenters. The van der Waals surface area contributed by atoms with Crippen molar-refractivity contribution in [3.63, 3.8) is 0 Å². The van der Waals surface area contributed by atoms with Crippen LogP contribution in [0.5, 0.6) is 0 Å². The lowest BCUT2D eigenvalue weighted by Gasteiger charge is -1.96. The number of nitrogens with zero attached hydrogens (tertiary/aromatic N) is 1. The SMILES string of the molecule is CCOC(=O)/C=C/C=N/S(=O)(=O)c1ccccc1. The largest absolute Gasteiger partial charge is 0.463 e. The summed E-state index contributed by atoms with van der Waals surface area (Å²) in [4.78, 5) is 11.0. The molecular formula is C12H13NO4S. The second-order valence-electron chi connectivity index (χ2n) is 3.15. The van der Waals surface area contributed by atoms with E-state index in [0.29, 0.717) is 0 Å². The van der Waals surface area contributed by atoms with Crippen LogP contribution in [0.2, 0.25) is 0 Å². The van der Waals surface area contributed by atoms with Gasteiger partial charge in [-0.25, -0.2) is 4.79 Å². The minimum absolute atomic E-state index is 0.103. The lowest BCUT2D eigenvalue weighted by Crippen LogP contribution is -1.99. The number of hydrogen-bond donors (Lipinski definition) is 0. The number of esters is 1. The van der Waals surface area contributed by atoms with Gasteiger partial charge in [-0.1, -0.05) is 18.2 Å². The second kappa shape index (κ2) is 6.70. The molecule has 1 aromatic rings.